The highest BCUT2D eigenvalue weighted by atomic mass is 79.9. The molecular formula is C9H9BrN2O. The third-order valence-corrected chi connectivity index (χ3v) is 2.91. The molecule has 0 saturated carbocycles. The predicted octanol–water partition coefficient (Wildman–Crippen LogP) is 1.81. The van der Waals surface area contributed by atoms with Crippen LogP contribution < -0.4 is 0 Å². The summed E-state index contributed by atoms with van der Waals surface area (Å²) in [4.78, 5) is 17.3. The van der Waals surface area contributed by atoms with E-state index in [2.05, 4.69) is 20.9 Å². The lowest BCUT2D eigenvalue weighted by atomic mass is 10.1. The number of hydrogen-bond donors (Lipinski definition) is 0. The average molecular weight is 241 g/mol. The van der Waals surface area contributed by atoms with Crippen LogP contribution in [0.5, 0.6) is 0 Å². The number of nitrogens with zero attached hydrogens (tertiary/aromatic N) is 2. The SMILES string of the molecule is CC1=CC2=NCCC(=O)N2C=C1Br. The van der Waals surface area contributed by atoms with E-state index in [0.29, 0.717) is 13.0 Å². The van der Waals surface area contributed by atoms with Gasteiger partial charge in [-0.25, -0.2) is 0 Å². The average Bonchev–Trinajstić information content (AvgIpc) is 2.09. The fourth-order valence-corrected chi connectivity index (χ4v) is 1.64. The second-order valence-electron chi connectivity index (χ2n) is 3.06. The summed E-state index contributed by atoms with van der Waals surface area (Å²) >= 11 is 3.39. The first-order valence-electron chi connectivity index (χ1n) is 4.11. The Bertz CT molecular complexity index is 355. The molecule has 0 unspecified atom stereocenters. The Kier molecular flexibility index (Phi) is 2.07. The Morgan fingerprint density at radius 3 is 3.15 bits per heavy atom. The predicted molar refractivity (Wildman–Crippen MR) is 54.5 cm³/mol. The second-order valence-corrected chi connectivity index (χ2v) is 3.91. The summed E-state index contributed by atoms with van der Waals surface area (Å²) in [5, 5.41) is 0. The number of rotatable bonds is 0. The van der Waals surface area contributed by atoms with Crippen LogP contribution in [0.4, 0.5) is 0 Å². The number of halogens is 1. The highest BCUT2D eigenvalue weighted by Crippen LogP contribution is 2.24. The Morgan fingerprint density at radius 1 is 1.62 bits per heavy atom. The second kappa shape index (κ2) is 3.10. The summed E-state index contributed by atoms with van der Waals surface area (Å²) in [5.74, 6) is 0.877. The monoisotopic (exact) mass is 240 g/mol. The summed E-state index contributed by atoms with van der Waals surface area (Å²) in [6, 6.07) is 0. The molecule has 3 nitrogen and oxygen atoms in total. The maximum atomic E-state index is 11.4. The Labute approximate surface area is 85.0 Å². The lowest BCUT2D eigenvalue weighted by Crippen LogP contribution is -2.37. The summed E-state index contributed by atoms with van der Waals surface area (Å²) in [6.45, 7) is 2.60. The van der Waals surface area contributed by atoms with Crippen LogP contribution in [0.3, 0.4) is 0 Å². The van der Waals surface area contributed by atoms with Gasteiger partial charge in [0, 0.05) is 17.1 Å². The van der Waals surface area contributed by atoms with Crippen LogP contribution in [0.2, 0.25) is 0 Å². The van der Waals surface area contributed by atoms with E-state index in [9.17, 15) is 4.79 Å². The minimum absolute atomic E-state index is 0.116. The molecule has 0 radical (unpaired) electrons. The van der Waals surface area contributed by atoms with Crippen LogP contribution in [0.15, 0.2) is 27.3 Å². The van der Waals surface area contributed by atoms with E-state index in [4.69, 9.17) is 0 Å². The van der Waals surface area contributed by atoms with Crippen molar-refractivity contribution < 1.29 is 4.79 Å². The van der Waals surface area contributed by atoms with Gasteiger partial charge in [-0.3, -0.25) is 14.7 Å². The fraction of sp³-hybridized carbons (Fsp3) is 0.333. The Balaban J connectivity index is 2.42. The van der Waals surface area contributed by atoms with Gasteiger partial charge in [0.2, 0.25) is 5.91 Å². The van der Waals surface area contributed by atoms with Gasteiger partial charge in [-0.2, -0.15) is 0 Å². The molecule has 0 bridgehead atoms. The van der Waals surface area contributed by atoms with E-state index in [1.54, 1.807) is 11.1 Å². The summed E-state index contributed by atoms with van der Waals surface area (Å²) in [7, 11) is 0. The summed E-state index contributed by atoms with van der Waals surface area (Å²) in [6.07, 6.45) is 4.21. The van der Waals surface area contributed by atoms with Crippen LogP contribution in [0, 0.1) is 0 Å². The van der Waals surface area contributed by atoms with Crippen molar-refractivity contribution in [2.45, 2.75) is 13.3 Å². The van der Waals surface area contributed by atoms with Gasteiger partial charge in [0.15, 0.2) is 0 Å². The number of allylic oxidation sites excluding steroid dienone is 2. The molecule has 0 fully saturated rings. The first-order valence-corrected chi connectivity index (χ1v) is 4.90. The van der Waals surface area contributed by atoms with Crippen molar-refractivity contribution in [1.82, 2.24) is 4.90 Å². The lowest BCUT2D eigenvalue weighted by Gasteiger charge is -2.26. The molecule has 13 heavy (non-hydrogen) atoms. The van der Waals surface area contributed by atoms with Gasteiger partial charge >= 0.3 is 0 Å². The van der Waals surface area contributed by atoms with E-state index in [1.807, 2.05) is 13.0 Å². The maximum absolute atomic E-state index is 11.4. The number of fused-ring (bicyclic) bond motifs is 1. The number of hydrogen-bond acceptors (Lipinski definition) is 2. The zero-order chi connectivity index (χ0) is 9.42. The topological polar surface area (TPSA) is 32.7 Å². The van der Waals surface area contributed by atoms with Crippen molar-refractivity contribution in [1.29, 1.82) is 0 Å². The van der Waals surface area contributed by atoms with Crippen LogP contribution >= 0.6 is 15.9 Å². The largest absolute Gasteiger partial charge is 0.274 e. The maximum Gasteiger partial charge on any atom is 0.234 e. The van der Waals surface area contributed by atoms with Crippen molar-refractivity contribution in [2.24, 2.45) is 4.99 Å². The zero-order valence-electron chi connectivity index (χ0n) is 7.25. The number of amides is 1. The van der Waals surface area contributed by atoms with Crippen molar-refractivity contribution in [3.63, 3.8) is 0 Å². The van der Waals surface area contributed by atoms with Gasteiger partial charge in [-0.15, -0.1) is 0 Å². The normalized spacial score (nSPS) is 21.8. The lowest BCUT2D eigenvalue weighted by molar-refractivity contribution is -0.125. The minimum Gasteiger partial charge on any atom is -0.274 e. The van der Waals surface area contributed by atoms with Gasteiger partial charge in [0.1, 0.15) is 5.84 Å². The molecule has 0 saturated heterocycles. The summed E-state index contributed by atoms with van der Waals surface area (Å²) in [5.41, 5.74) is 1.10. The molecule has 2 heterocycles. The molecule has 0 aromatic rings. The molecular weight excluding hydrogens is 232 g/mol. The van der Waals surface area contributed by atoms with E-state index < -0.39 is 0 Å². The Hall–Kier alpha value is -0.900. The molecule has 2 aliphatic heterocycles. The van der Waals surface area contributed by atoms with Crippen LogP contribution in [0.25, 0.3) is 0 Å². The third kappa shape index (κ3) is 1.46. The van der Waals surface area contributed by atoms with E-state index >= 15 is 0 Å². The fourth-order valence-electron chi connectivity index (χ4n) is 1.32. The highest BCUT2D eigenvalue weighted by Gasteiger charge is 2.23. The van der Waals surface area contributed by atoms with Gasteiger partial charge in [-0.1, -0.05) is 0 Å². The number of amidine groups is 1. The molecule has 68 valence electrons. The molecule has 2 aliphatic rings. The van der Waals surface area contributed by atoms with Gasteiger partial charge in [-0.05, 0) is 34.5 Å². The highest BCUT2D eigenvalue weighted by molar-refractivity contribution is 9.12. The van der Waals surface area contributed by atoms with Crippen molar-refractivity contribution in [3.05, 3.63) is 22.3 Å². The van der Waals surface area contributed by atoms with Crippen molar-refractivity contribution in [3.8, 4) is 0 Å². The third-order valence-electron chi connectivity index (χ3n) is 2.08. The number of carbonyl (C=O) groups is 1. The molecule has 1 amide bonds. The summed E-state index contributed by atoms with van der Waals surface area (Å²) < 4.78 is 0.946. The molecule has 0 aromatic heterocycles. The molecule has 0 spiro atoms. The molecule has 0 aliphatic carbocycles. The van der Waals surface area contributed by atoms with Gasteiger partial charge in [0.05, 0.1) is 6.54 Å². The van der Waals surface area contributed by atoms with E-state index in [1.165, 1.54) is 0 Å². The molecule has 0 N–H and O–H groups in total. The quantitative estimate of drug-likeness (QED) is 0.636. The minimum atomic E-state index is 0.116. The van der Waals surface area contributed by atoms with E-state index in [0.717, 1.165) is 15.9 Å². The first-order chi connectivity index (χ1) is 6.18. The molecule has 4 heteroatoms. The van der Waals surface area contributed by atoms with Crippen LogP contribution in [-0.2, 0) is 4.79 Å². The molecule has 0 atom stereocenters. The van der Waals surface area contributed by atoms with Crippen molar-refractivity contribution in [2.75, 3.05) is 6.54 Å². The number of carbonyl (C=O) groups excluding carboxylic acids is 1. The Morgan fingerprint density at radius 2 is 2.38 bits per heavy atom. The smallest absolute Gasteiger partial charge is 0.234 e. The molecule has 0 aromatic carbocycles. The van der Waals surface area contributed by atoms with Crippen LogP contribution in [-0.4, -0.2) is 23.2 Å². The van der Waals surface area contributed by atoms with Crippen molar-refractivity contribution >= 4 is 27.7 Å². The standard InChI is InChI=1S/C9H9BrN2O/c1-6-4-8-11-3-2-9(13)12(8)5-7(6)10/h4-5H,2-3H2,1H3. The van der Waals surface area contributed by atoms with Gasteiger partial charge < -0.3 is 0 Å². The van der Waals surface area contributed by atoms with Crippen LogP contribution in [0.1, 0.15) is 13.3 Å². The number of aliphatic imine (C=N–C) groups is 1. The molecule has 2 rings (SSSR count). The van der Waals surface area contributed by atoms with E-state index in [-0.39, 0.29) is 5.91 Å². The first kappa shape index (κ1) is 8.69. The van der Waals surface area contributed by atoms with Gasteiger partial charge in [0.25, 0.3) is 0 Å². The zero-order valence-corrected chi connectivity index (χ0v) is 8.84.